The van der Waals surface area contributed by atoms with Crippen molar-refractivity contribution in [2.45, 2.75) is 27.3 Å². The summed E-state index contributed by atoms with van der Waals surface area (Å²) in [6, 6.07) is 5.70. The van der Waals surface area contributed by atoms with Crippen molar-refractivity contribution in [1.29, 1.82) is 0 Å². The SMILES string of the molecule is CC#CCOc1cccc(Cl)c1CNCC(C)C. The highest BCUT2D eigenvalue weighted by Crippen LogP contribution is 2.26. The van der Waals surface area contributed by atoms with E-state index >= 15 is 0 Å². The molecule has 0 fully saturated rings. The van der Waals surface area contributed by atoms with Crippen LogP contribution in [0.25, 0.3) is 0 Å². The van der Waals surface area contributed by atoms with Gasteiger partial charge in [0, 0.05) is 17.1 Å². The van der Waals surface area contributed by atoms with E-state index in [1.54, 1.807) is 6.92 Å². The van der Waals surface area contributed by atoms with Crippen LogP contribution in [-0.2, 0) is 6.54 Å². The molecule has 1 N–H and O–H groups in total. The van der Waals surface area contributed by atoms with E-state index in [1.165, 1.54) is 0 Å². The smallest absolute Gasteiger partial charge is 0.149 e. The number of hydrogen-bond donors (Lipinski definition) is 1. The summed E-state index contributed by atoms with van der Waals surface area (Å²) in [5.41, 5.74) is 0.998. The van der Waals surface area contributed by atoms with Crippen molar-refractivity contribution < 1.29 is 4.74 Å². The zero-order chi connectivity index (χ0) is 13.4. The Morgan fingerprint density at radius 2 is 2.17 bits per heavy atom. The summed E-state index contributed by atoms with van der Waals surface area (Å²) < 4.78 is 5.62. The summed E-state index contributed by atoms with van der Waals surface area (Å²) in [5.74, 6) is 7.11. The van der Waals surface area contributed by atoms with Gasteiger partial charge in [-0.3, -0.25) is 0 Å². The minimum absolute atomic E-state index is 0.397. The lowest BCUT2D eigenvalue weighted by atomic mass is 10.1. The first-order chi connectivity index (χ1) is 8.65. The minimum Gasteiger partial charge on any atom is -0.481 e. The van der Waals surface area contributed by atoms with E-state index < -0.39 is 0 Å². The van der Waals surface area contributed by atoms with Gasteiger partial charge in [0.2, 0.25) is 0 Å². The van der Waals surface area contributed by atoms with E-state index in [2.05, 4.69) is 31.0 Å². The van der Waals surface area contributed by atoms with Crippen LogP contribution in [0.4, 0.5) is 0 Å². The summed E-state index contributed by atoms with van der Waals surface area (Å²) >= 11 is 6.20. The van der Waals surface area contributed by atoms with Crippen molar-refractivity contribution in [3.63, 3.8) is 0 Å². The van der Waals surface area contributed by atoms with Crippen LogP contribution in [0.3, 0.4) is 0 Å². The first kappa shape index (κ1) is 14.9. The fourth-order valence-corrected chi connectivity index (χ4v) is 1.75. The van der Waals surface area contributed by atoms with Crippen molar-refractivity contribution in [3.8, 4) is 17.6 Å². The topological polar surface area (TPSA) is 21.3 Å². The lowest BCUT2D eigenvalue weighted by molar-refractivity contribution is 0.364. The Balaban J connectivity index is 2.69. The van der Waals surface area contributed by atoms with Crippen LogP contribution in [0.2, 0.25) is 5.02 Å². The maximum absolute atomic E-state index is 6.20. The summed E-state index contributed by atoms with van der Waals surface area (Å²) in [6.07, 6.45) is 0. The highest BCUT2D eigenvalue weighted by atomic mass is 35.5. The molecular formula is C15H20ClNO. The fraction of sp³-hybridized carbons (Fsp3) is 0.467. The number of rotatable bonds is 6. The van der Waals surface area contributed by atoms with E-state index in [9.17, 15) is 0 Å². The highest BCUT2D eigenvalue weighted by molar-refractivity contribution is 6.31. The zero-order valence-electron chi connectivity index (χ0n) is 11.2. The molecule has 1 aromatic rings. The first-order valence-corrected chi connectivity index (χ1v) is 6.53. The van der Waals surface area contributed by atoms with Crippen LogP contribution in [0.5, 0.6) is 5.75 Å². The van der Waals surface area contributed by atoms with Gasteiger partial charge in [-0.25, -0.2) is 0 Å². The lowest BCUT2D eigenvalue weighted by Crippen LogP contribution is -2.19. The predicted molar refractivity (Wildman–Crippen MR) is 76.9 cm³/mol. The Hall–Kier alpha value is -1.17. The second kappa shape index (κ2) is 8.02. The van der Waals surface area contributed by atoms with Gasteiger partial charge in [0.1, 0.15) is 12.4 Å². The largest absolute Gasteiger partial charge is 0.481 e. The fourth-order valence-electron chi connectivity index (χ4n) is 1.52. The third kappa shape index (κ3) is 5.00. The summed E-state index contributed by atoms with van der Waals surface area (Å²) in [6.45, 7) is 8.22. The third-order valence-electron chi connectivity index (χ3n) is 2.41. The van der Waals surface area contributed by atoms with Gasteiger partial charge in [0.05, 0.1) is 0 Å². The number of nitrogens with one attached hydrogen (secondary N) is 1. The van der Waals surface area contributed by atoms with E-state index in [4.69, 9.17) is 16.3 Å². The van der Waals surface area contributed by atoms with E-state index in [0.717, 1.165) is 22.9 Å². The predicted octanol–water partition coefficient (Wildman–Crippen LogP) is 3.49. The van der Waals surface area contributed by atoms with Gasteiger partial charge in [-0.1, -0.05) is 37.4 Å². The van der Waals surface area contributed by atoms with Crippen molar-refractivity contribution >= 4 is 11.6 Å². The maximum Gasteiger partial charge on any atom is 0.149 e. The van der Waals surface area contributed by atoms with Crippen LogP contribution >= 0.6 is 11.6 Å². The van der Waals surface area contributed by atoms with E-state index in [0.29, 0.717) is 19.1 Å². The van der Waals surface area contributed by atoms with E-state index in [1.807, 2.05) is 18.2 Å². The number of hydrogen-bond acceptors (Lipinski definition) is 2. The van der Waals surface area contributed by atoms with Crippen molar-refractivity contribution in [2.24, 2.45) is 5.92 Å². The summed E-state index contributed by atoms with van der Waals surface area (Å²) in [4.78, 5) is 0. The molecule has 0 aromatic heterocycles. The van der Waals surface area contributed by atoms with Gasteiger partial charge in [-0.05, 0) is 31.5 Å². The van der Waals surface area contributed by atoms with Crippen molar-refractivity contribution in [1.82, 2.24) is 5.32 Å². The number of benzene rings is 1. The molecule has 0 saturated carbocycles. The summed E-state index contributed by atoms with van der Waals surface area (Å²) in [5, 5.41) is 4.10. The average molecular weight is 266 g/mol. The molecule has 0 heterocycles. The normalized spacial score (nSPS) is 10.1. The highest BCUT2D eigenvalue weighted by Gasteiger charge is 2.07. The Morgan fingerprint density at radius 3 is 2.83 bits per heavy atom. The molecule has 1 rings (SSSR count). The Morgan fingerprint density at radius 1 is 1.39 bits per heavy atom. The molecule has 0 aliphatic heterocycles. The maximum atomic E-state index is 6.20. The first-order valence-electron chi connectivity index (χ1n) is 6.15. The molecule has 0 radical (unpaired) electrons. The summed E-state index contributed by atoms with van der Waals surface area (Å²) in [7, 11) is 0. The minimum atomic E-state index is 0.397. The average Bonchev–Trinajstić information content (AvgIpc) is 2.32. The Labute approximate surface area is 115 Å². The molecule has 18 heavy (non-hydrogen) atoms. The third-order valence-corrected chi connectivity index (χ3v) is 2.76. The molecule has 98 valence electrons. The molecule has 0 saturated heterocycles. The standard InChI is InChI=1S/C15H20ClNO/c1-4-5-9-18-15-8-6-7-14(16)13(15)11-17-10-12(2)3/h6-8,12,17H,9-11H2,1-3H3. The zero-order valence-corrected chi connectivity index (χ0v) is 12.0. The molecule has 1 aromatic carbocycles. The molecule has 0 aliphatic carbocycles. The quantitative estimate of drug-likeness (QED) is 0.795. The molecule has 0 atom stereocenters. The second-order valence-electron chi connectivity index (χ2n) is 4.46. The molecule has 0 aliphatic rings. The van der Waals surface area contributed by atoms with Gasteiger partial charge in [0.15, 0.2) is 0 Å². The van der Waals surface area contributed by atoms with Crippen LogP contribution in [0.1, 0.15) is 26.3 Å². The van der Waals surface area contributed by atoms with Gasteiger partial charge in [0.25, 0.3) is 0 Å². The Bertz CT molecular complexity index is 432. The van der Waals surface area contributed by atoms with Crippen molar-refractivity contribution in [2.75, 3.05) is 13.2 Å². The number of halogens is 1. The van der Waals surface area contributed by atoms with Crippen LogP contribution in [0, 0.1) is 17.8 Å². The van der Waals surface area contributed by atoms with E-state index in [-0.39, 0.29) is 0 Å². The molecule has 0 spiro atoms. The van der Waals surface area contributed by atoms with Crippen molar-refractivity contribution in [3.05, 3.63) is 28.8 Å². The van der Waals surface area contributed by atoms with Gasteiger partial charge < -0.3 is 10.1 Å². The van der Waals surface area contributed by atoms with Gasteiger partial charge >= 0.3 is 0 Å². The van der Waals surface area contributed by atoms with Crippen LogP contribution in [-0.4, -0.2) is 13.2 Å². The molecule has 0 bridgehead atoms. The molecule has 0 amide bonds. The number of ether oxygens (including phenoxy) is 1. The second-order valence-corrected chi connectivity index (χ2v) is 4.86. The van der Waals surface area contributed by atoms with Crippen LogP contribution < -0.4 is 10.1 Å². The van der Waals surface area contributed by atoms with Gasteiger partial charge in [-0.15, -0.1) is 5.92 Å². The van der Waals surface area contributed by atoms with Crippen LogP contribution in [0.15, 0.2) is 18.2 Å². The molecular weight excluding hydrogens is 246 g/mol. The monoisotopic (exact) mass is 265 g/mol. The molecule has 3 heteroatoms. The molecule has 2 nitrogen and oxygen atoms in total. The van der Waals surface area contributed by atoms with Gasteiger partial charge in [-0.2, -0.15) is 0 Å². The molecule has 0 unspecified atom stereocenters. The Kier molecular flexibility index (Phi) is 6.64. The lowest BCUT2D eigenvalue weighted by Gasteiger charge is -2.13.